The lowest BCUT2D eigenvalue weighted by molar-refractivity contribution is -0.137. The second-order valence-electron chi connectivity index (χ2n) is 4.26. The SMILES string of the molecule is Cc1cccc(C#N)c1NCc1cn(CC(=O)O)nn1. The number of carboxylic acid groups (broad SMARTS) is 1. The molecule has 0 aliphatic heterocycles. The molecule has 1 aromatic heterocycles. The molecule has 0 bridgehead atoms. The van der Waals surface area contributed by atoms with E-state index in [1.807, 2.05) is 19.1 Å². The van der Waals surface area contributed by atoms with E-state index >= 15 is 0 Å². The van der Waals surface area contributed by atoms with E-state index in [9.17, 15) is 4.79 Å². The molecule has 0 aliphatic rings. The van der Waals surface area contributed by atoms with E-state index in [2.05, 4.69) is 21.7 Å². The third-order valence-corrected chi connectivity index (χ3v) is 2.72. The summed E-state index contributed by atoms with van der Waals surface area (Å²) in [7, 11) is 0. The molecule has 2 rings (SSSR count). The fourth-order valence-electron chi connectivity index (χ4n) is 1.81. The fraction of sp³-hybridized carbons (Fsp3) is 0.231. The monoisotopic (exact) mass is 271 g/mol. The van der Waals surface area contributed by atoms with Gasteiger partial charge in [0.2, 0.25) is 0 Å². The Labute approximate surface area is 115 Å². The van der Waals surface area contributed by atoms with Crippen molar-refractivity contribution in [1.29, 1.82) is 5.26 Å². The number of anilines is 1. The van der Waals surface area contributed by atoms with Crippen LogP contribution in [-0.4, -0.2) is 26.1 Å². The number of hydrogen-bond acceptors (Lipinski definition) is 5. The Morgan fingerprint density at radius 1 is 1.55 bits per heavy atom. The van der Waals surface area contributed by atoms with E-state index in [1.165, 1.54) is 4.68 Å². The van der Waals surface area contributed by atoms with Crippen molar-refractivity contribution < 1.29 is 9.90 Å². The Morgan fingerprint density at radius 2 is 2.35 bits per heavy atom. The summed E-state index contributed by atoms with van der Waals surface area (Å²) in [6.45, 7) is 2.06. The molecule has 1 aromatic carbocycles. The third kappa shape index (κ3) is 3.11. The summed E-state index contributed by atoms with van der Waals surface area (Å²) in [5.74, 6) is -0.972. The number of nitrogens with zero attached hydrogens (tertiary/aromatic N) is 4. The number of aliphatic carboxylic acids is 1. The molecule has 0 unspecified atom stereocenters. The van der Waals surface area contributed by atoms with Gasteiger partial charge in [0.25, 0.3) is 0 Å². The number of aromatic nitrogens is 3. The van der Waals surface area contributed by atoms with Crippen LogP contribution < -0.4 is 5.32 Å². The van der Waals surface area contributed by atoms with Crippen LogP contribution in [0.5, 0.6) is 0 Å². The molecule has 0 atom stereocenters. The van der Waals surface area contributed by atoms with Gasteiger partial charge in [-0.2, -0.15) is 5.26 Å². The second kappa shape index (κ2) is 5.84. The lowest BCUT2D eigenvalue weighted by Gasteiger charge is -2.09. The number of carbonyl (C=O) groups is 1. The average Bonchev–Trinajstić information content (AvgIpc) is 2.83. The van der Waals surface area contributed by atoms with Crippen LogP contribution in [0.4, 0.5) is 5.69 Å². The molecule has 0 aliphatic carbocycles. The molecule has 0 amide bonds. The van der Waals surface area contributed by atoms with E-state index in [-0.39, 0.29) is 6.54 Å². The molecular formula is C13H13N5O2. The molecule has 20 heavy (non-hydrogen) atoms. The maximum absolute atomic E-state index is 10.5. The predicted octanol–water partition coefficient (Wildman–Crippen LogP) is 1.15. The Hall–Kier alpha value is -2.88. The fourth-order valence-corrected chi connectivity index (χ4v) is 1.81. The molecule has 2 N–H and O–H groups in total. The Bertz CT molecular complexity index is 672. The van der Waals surface area contributed by atoms with Crippen molar-refractivity contribution in [1.82, 2.24) is 15.0 Å². The first-order chi connectivity index (χ1) is 9.60. The Balaban J connectivity index is 2.08. The first kappa shape index (κ1) is 13.5. The molecule has 0 spiro atoms. The maximum Gasteiger partial charge on any atom is 0.325 e. The van der Waals surface area contributed by atoms with Gasteiger partial charge in [0.1, 0.15) is 18.3 Å². The molecule has 0 fully saturated rings. The van der Waals surface area contributed by atoms with Gasteiger partial charge >= 0.3 is 5.97 Å². The average molecular weight is 271 g/mol. The maximum atomic E-state index is 10.5. The van der Waals surface area contributed by atoms with E-state index in [0.717, 1.165) is 11.3 Å². The molecule has 0 radical (unpaired) electrons. The Morgan fingerprint density at radius 3 is 3.05 bits per heavy atom. The van der Waals surface area contributed by atoms with Crippen LogP contribution in [0.3, 0.4) is 0 Å². The molecular weight excluding hydrogens is 258 g/mol. The lowest BCUT2D eigenvalue weighted by atomic mass is 10.1. The molecule has 7 heteroatoms. The molecule has 0 saturated carbocycles. The van der Waals surface area contributed by atoms with Crippen LogP contribution in [0.15, 0.2) is 24.4 Å². The van der Waals surface area contributed by atoms with Crippen molar-refractivity contribution >= 4 is 11.7 Å². The van der Waals surface area contributed by atoms with E-state index in [4.69, 9.17) is 10.4 Å². The third-order valence-electron chi connectivity index (χ3n) is 2.72. The Kier molecular flexibility index (Phi) is 3.96. The van der Waals surface area contributed by atoms with Gasteiger partial charge in [0.05, 0.1) is 24.0 Å². The molecule has 102 valence electrons. The number of para-hydroxylation sites is 1. The summed E-state index contributed by atoms with van der Waals surface area (Å²) in [5.41, 5.74) is 2.88. The van der Waals surface area contributed by atoms with Crippen LogP contribution in [0.25, 0.3) is 0 Å². The van der Waals surface area contributed by atoms with Gasteiger partial charge < -0.3 is 10.4 Å². The summed E-state index contributed by atoms with van der Waals surface area (Å²) < 4.78 is 1.25. The van der Waals surface area contributed by atoms with E-state index in [1.54, 1.807) is 12.3 Å². The topological polar surface area (TPSA) is 104 Å². The number of nitrogens with one attached hydrogen (secondary N) is 1. The van der Waals surface area contributed by atoms with Crippen LogP contribution in [0.2, 0.25) is 0 Å². The van der Waals surface area contributed by atoms with Gasteiger partial charge in [-0.25, -0.2) is 4.68 Å². The van der Waals surface area contributed by atoms with Crippen LogP contribution in [-0.2, 0) is 17.9 Å². The smallest absolute Gasteiger partial charge is 0.325 e. The van der Waals surface area contributed by atoms with Crippen molar-refractivity contribution in [2.45, 2.75) is 20.0 Å². The van der Waals surface area contributed by atoms with Gasteiger partial charge in [0, 0.05) is 0 Å². The number of rotatable bonds is 5. The normalized spacial score (nSPS) is 10.0. The van der Waals surface area contributed by atoms with Crippen molar-refractivity contribution in [3.05, 3.63) is 41.2 Å². The quantitative estimate of drug-likeness (QED) is 0.845. The zero-order valence-corrected chi connectivity index (χ0v) is 10.9. The number of benzene rings is 1. The highest BCUT2D eigenvalue weighted by molar-refractivity contribution is 5.66. The van der Waals surface area contributed by atoms with Gasteiger partial charge in [-0.1, -0.05) is 17.3 Å². The number of hydrogen-bond donors (Lipinski definition) is 2. The molecule has 7 nitrogen and oxygen atoms in total. The van der Waals surface area contributed by atoms with Crippen LogP contribution in [0.1, 0.15) is 16.8 Å². The summed E-state index contributed by atoms with van der Waals surface area (Å²) in [6, 6.07) is 7.58. The summed E-state index contributed by atoms with van der Waals surface area (Å²) in [5, 5.41) is 28.4. The second-order valence-corrected chi connectivity index (χ2v) is 4.26. The largest absolute Gasteiger partial charge is 0.480 e. The highest BCUT2D eigenvalue weighted by Crippen LogP contribution is 2.20. The number of nitriles is 1. The minimum Gasteiger partial charge on any atom is -0.480 e. The first-order valence-electron chi connectivity index (χ1n) is 5.94. The van der Waals surface area contributed by atoms with Crippen molar-refractivity contribution in [2.24, 2.45) is 0 Å². The van der Waals surface area contributed by atoms with E-state index < -0.39 is 5.97 Å². The van der Waals surface area contributed by atoms with Crippen LogP contribution >= 0.6 is 0 Å². The molecule has 1 heterocycles. The van der Waals surface area contributed by atoms with E-state index in [0.29, 0.717) is 17.8 Å². The van der Waals surface area contributed by atoms with Gasteiger partial charge in [0.15, 0.2) is 0 Å². The minimum absolute atomic E-state index is 0.221. The van der Waals surface area contributed by atoms with Gasteiger partial charge in [-0.3, -0.25) is 4.79 Å². The minimum atomic E-state index is -0.972. The summed E-state index contributed by atoms with van der Waals surface area (Å²) >= 11 is 0. The molecule has 2 aromatic rings. The number of carboxylic acids is 1. The van der Waals surface area contributed by atoms with Crippen molar-refractivity contribution in [3.8, 4) is 6.07 Å². The predicted molar refractivity (Wildman–Crippen MR) is 70.9 cm³/mol. The van der Waals surface area contributed by atoms with Crippen molar-refractivity contribution in [3.63, 3.8) is 0 Å². The van der Waals surface area contributed by atoms with Gasteiger partial charge in [-0.05, 0) is 18.6 Å². The highest BCUT2D eigenvalue weighted by atomic mass is 16.4. The lowest BCUT2D eigenvalue weighted by Crippen LogP contribution is -2.09. The van der Waals surface area contributed by atoms with Gasteiger partial charge in [-0.15, -0.1) is 5.10 Å². The van der Waals surface area contributed by atoms with Crippen molar-refractivity contribution in [2.75, 3.05) is 5.32 Å². The first-order valence-corrected chi connectivity index (χ1v) is 5.94. The van der Waals surface area contributed by atoms with Crippen LogP contribution in [0, 0.1) is 18.3 Å². The molecule has 0 saturated heterocycles. The zero-order valence-electron chi connectivity index (χ0n) is 10.9. The highest BCUT2D eigenvalue weighted by Gasteiger charge is 2.07. The summed E-state index contributed by atoms with van der Waals surface area (Å²) in [4.78, 5) is 10.5. The number of aryl methyl sites for hydroxylation is 1. The summed E-state index contributed by atoms with van der Waals surface area (Å²) in [6.07, 6.45) is 1.56. The standard InChI is InChI=1S/C13H13N5O2/c1-9-3-2-4-10(5-14)13(9)15-6-11-7-18(17-16-11)8-12(19)20/h2-4,7,15H,6,8H2,1H3,(H,19,20). The zero-order chi connectivity index (χ0) is 14.5.